The lowest BCUT2D eigenvalue weighted by molar-refractivity contribution is 0.102. The number of ether oxygens (including phenoxy) is 1. The number of halogens is 1. The fraction of sp³-hybridized carbons (Fsp3) is 0.385. The highest BCUT2D eigenvalue weighted by molar-refractivity contribution is 9.09. The van der Waals surface area contributed by atoms with Crippen LogP contribution in [-0.2, 0) is 4.74 Å². The van der Waals surface area contributed by atoms with E-state index >= 15 is 0 Å². The monoisotopic (exact) mass is 308 g/mol. The summed E-state index contributed by atoms with van der Waals surface area (Å²) in [5.74, 6) is -0.0139. The van der Waals surface area contributed by atoms with E-state index in [4.69, 9.17) is 4.74 Å². The molecule has 1 heterocycles. The Balaban J connectivity index is 2.31. The van der Waals surface area contributed by atoms with Gasteiger partial charge in [0.05, 0.1) is 29.8 Å². The van der Waals surface area contributed by atoms with E-state index in [9.17, 15) is 10.1 Å². The topological polar surface area (TPSA) is 53.3 Å². The van der Waals surface area contributed by atoms with E-state index < -0.39 is 0 Å². The molecule has 0 amide bonds. The molecule has 18 heavy (non-hydrogen) atoms. The minimum absolute atomic E-state index is 0.0139. The van der Waals surface area contributed by atoms with Gasteiger partial charge in [0.25, 0.3) is 0 Å². The molecule has 0 spiro atoms. The van der Waals surface area contributed by atoms with E-state index in [2.05, 4.69) is 26.9 Å². The number of hydrogen-bond acceptors (Lipinski definition) is 4. The first-order chi connectivity index (χ1) is 8.76. The van der Waals surface area contributed by atoms with Crippen molar-refractivity contribution < 1.29 is 9.53 Å². The first-order valence-corrected chi connectivity index (χ1v) is 6.84. The predicted octanol–water partition coefficient (Wildman–Crippen LogP) is 1.97. The molecule has 0 radical (unpaired) electrons. The zero-order valence-electron chi connectivity index (χ0n) is 9.86. The van der Waals surface area contributed by atoms with Crippen LogP contribution in [0.3, 0.4) is 0 Å². The van der Waals surface area contributed by atoms with Crippen LogP contribution in [-0.4, -0.2) is 37.4 Å². The van der Waals surface area contributed by atoms with Crippen LogP contribution >= 0.6 is 15.9 Å². The van der Waals surface area contributed by atoms with Crippen molar-refractivity contribution in [1.29, 1.82) is 5.26 Å². The largest absolute Gasteiger partial charge is 0.378 e. The van der Waals surface area contributed by atoms with Gasteiger partial charge in [-0.15, -0.1) is 0 Å². The third-order valence-electron chi connectivity index (χ3n) is 2.91. The van der Waals surface area contributed by atoms with Crippen LogP contribution < -0.4 is 4.90 Å². The van der Waals surface area contributed by atoms with E-state index in [0.717, 1.165) is 18.8 Å². The predicted molar refractivity (Wildman–Crippen MR) is 72.3 cm³/mol. The van der Waals surface area contributed by atoms with Gasteiger partial charge in [-0.2, -0.15) is 5.26 Å². The number of ketones is 1. The van der Waals surface area contributed by atoms with Gasteiger partial charge in [0.2, 0.25) is 0 Å². The zero-order valence-corrected chi connectivity index (χ0v) is 11.4. The van der Waals surface area contributed by atoms with Gasteiger partial charge in [-0.3, -0.25) is 4.79 Å². The lowest BCUT2D eigenvalue weighted by atomic mass is 10.1. The second kappa shape index (κ2) is 5.98. The SMILES string of the molecule is N#Cc1cc(C(=O)CBr)ccc1N1CCOCC1. The Hall–Kier alpha value is -1.38. The molecule has 1 saturated heterocycles. The molecule has 1 aliphatic rings. The summed E-state index contributed by atoms with van der Waals surface area (Å²) in [7, 11) is 0. The molecule has 2 rings (SSSR count). The Kier molecular flexibility index (Phi) is 4.34. The summed E-state index contributed by atoms with van der Waals surface area (Å²) in [6, 6.07) is 7.44. The van der Waals surface area contributed by atoms with Crippen molar-refractivity contribution in [2.75, 3.05) is 36.5 Å². The summed E-state index contributed by atoms with van der Waals surface area (Å²) in [5, 5.41) is 9.47. The van der Waals surface area contributed by atoms with Crippen LogP contribution in [0.15, 0.2) is 18.2 Å². The molecule has 0 saturated carbocycles. The van der Waals surface area contributed by atoms with E-state index in [1.807, 2.05) is 6.07 Å². The molecule has 1 aromatic carbocycles. The lowest BCUT2D eigenvalue weighted by Crippen LogP contribution is -2.36. The number of carbonyl (C=O) groups is 1. The van der Waals surface area contributed by atoms with E-state index in [1.165, 1.54) is 0 Å². The first kappa shape index (κ1) is 13.1. The number of nitriles is 1. The number of anilines is 1. The number of hydrogen-bond donors (Lipinski definition) is 0. The Morgan fingerprint density at radius 3 is 2.78 bits per heavy atom. The summed E-state index contributed by atoms with van der Waals surface area (Å²) < 4.78 is 5.29. The third-order valence-corrected chi connectivity index (χ3v) is 3.42. The van der Waals surface area contributed by atoms with Gasteiger partial charge >= 0.3 is 0 Å². The number of rotatable bonds is 3. The van der Waals surface area contributed by atoms with Crippen molar-refractivity contribution >= 4 is 27.4 Å². The van der Waals surface area contributed by atoms with Gasteiger partial charge in [0.1, 0.15) is 6.07 Å². The van der Waals surface area contributed by atoms with E-state index in [1.54, 1.807) is 12.1 Å². The van der Waals surface area contributed by atoms with Crippen LogP contribution in [0.1, 0.15) is 15.9 Å². The van der Waals surface area contributed by atoms with E-state index in [-0.39, 0.29) is 11.1 Å². The van der Waals surface area contributed by atoms with Gasteiger partial charge < -0.3 is 9.64 Å². The average molecular weight is 309 g/mol. The number of morpholine rings is 1. The zero-order chi connectivity index (χ0) is 13.0. The highest BCUT2D eigenvalue weighted by Crippen LogP contribution is 2.22. The van der Waals surface area contributed by atoms with Gasteiger partial charge in [0, 0.05) is 18.7 Å². The van der Waals surface area contributed by atoms with Crippen molar-refractivity contribution in [3.63, 3.8) is 0 Å². The molecule has 1 fully saturated rings. The number of Topliss-reactive ketones (excluding diaryl/α,β-unsaturated/α-hetero) is 1. The Bertz CT molecular complexity index is 490. The van der Waals surface area contributed by atoms with Crippen molar-refractivity contribution in [1.82, 2.24) is 0 Å². The Labute approximate surface area is 114 Å². The maximum Gasteiger partial charge on any atom is 0.173 e. The first-order valence-electron chi connectivity index (χ1n) is 5.72. The van der Waals surface area contributed by atoms with Crippen LogP contribution in [0.4, 0.5) is 5.69 Å². The van der Waals surface area contributed by atoms with Gasteiger partial charge in [-0.25, -0.2) is 0 Å². The number of alkyl halides is 1. The van der Waals surface area contributed by atoms with Crippen LogP contribution in [0.5, 0.6) is 0 Å². The number of benzene rings is 1. The highest BCUT2D eigenvalue weighted by Gasteiger charge is 2.16. The summed E-state index contributed by atoms with van der Waals surface area (Å²) >= 11 is 3.13. The third kappa shape index (κ3) is 2.71. The standard InChI is InChI=1S/C13H13BrN2O2/c14-8-13(17)10-1-2-12(11(7-10)9-15)16-3-5-18-6-4-16/h1-2,7H,3-6,8H2. The molecular weight excluding hydrogens is 296 g/mol. The summed E-state index contributed by atoms with van der Waals surface area (Å²) in [4.78, 5) is 13.7. The summed E-state index contributed by atoms with van der Waals surface area (Å²) in [6.45, 7) is 2.90. The van der Waals surface area contributed by atoms with Gasteiger partial charge in [-0.05, 0) is 18.2 Å². The molecule has 0 aromatic heterocycles. The molecule has 0 atom stereocenters. The second-order valence-electron chi connectivity index (χ2n) is 4.00. The molecule has 0 N–H and O–H groups in total. The summed E-state index contributed by atoms with van der Waals surface area (Å²) in [5.41, 5.74) is 2.00. The molecule has 1 aromatic rings. The van der Waals surface area contributed by atoms with Crippen molar-refractivity contribution in [3.8, 4) is 6.07 Å². The smallest absolute Gasteiger partial charge is 0.173 e. The Morgan fingerprint density at radius 1 is 1.44 bits per heavy atom. The summed E-state index contributed by atoms with van der Waals surface area (Å²) in [6.07, 6.45) is 0. The average Bonchev–Trinajstić information content (AvgIpc) is 2.46. The molecule has 1 aliphatic heterocycles. The lowest BCUT2D eigenvalue weighted by Gasteiger charge is -2.29. The van der Waals surface area contributed by atoms with Crippen LogP contribution in [0.25, 0.3) is 0 Å². The van der Waals surface area contributed by atoms with Gasteiger partial charge in [0.15, 0.2) is 5.78 Å². The normalized spacial score (nSPS) is 15.2. The molecular formula is C13H13BrN2O2. The Morgan fingerprint density at radius 2 is 2.17 bits per heavy atom. The fourth-order valence-electron chi connectivity index (χ4n) is 1.96. The molecule has 0 bridgehead atoms. The van der Waals surface area contributed by atoms with Crippen molar-refractivity contribution in [2.24, 2.45) is 0 Å². The van der Waals surface area contributed by atoms with Crippen molar-refractivity contribution in [2.45, 2.75) is 0 Å². The quantitative estimate of drug-likeness (QED) is 0.633. The minimum atomic E-state index is -0.0139. The highest BCUT2D eigenvalue weighted by atomic mass is 79.9. The fourth-order valence-corrected chi connectivity index (χ4v) is 2.28. The van der Waals surface area contributed by atoms with Crippen LogP contribution in [0.2, 0.25) is 0 Å². The molecule has 94 valence electrons. The molecule has 0 aliphatic carbocycles. The number of nitrogens with zero attached hydrogens (tertiary/aromatic N) is 2. The minimum Gasteiger partial charge on any atom is -0.378 e. The molecule has 5 heteroatoms. The maximum absolute atomic E-state index is 11.6. The van der Waals surface area contributed by atoms with Crippen molar-refractivity contribution in [3.05, 3.63) is 29.3 Å². The number of carbonyl (C=O) groups excluding carboxylic acids is 1. The molecule has 0 unspecified atom stereocenters. The van der Waals surface area contributed by atoms with Crippen LogP contribution in [0, 0.1) is 11.3 Å². The second-order valence-corrected chi connectivity index (χ2v) is 4.56. The maximum atomic E-state index is 11.6. The van der Waals surface area contributed by atoms with Gasteiger partial charge in [-0.1, -0.05) is 15.9 Å². The van der Waals surface area contributed by atoms with E-state index in [0.29, 0.717) is 24.3 Å². The molecule has 4 nitrogen and oxygen atoms in total.